The molecule has 0 aliphatic heterocycles. The first-order valence-electron chi connectivity index (χ1n) is 4.13. The molecule has 0 fully saturated rings. The Hall–Kier alpha value is -1.33. The van der Waals surface area contributed by atoms with Crippen LogP contribution in [0.5, 0.6) is 0 Å². The van der Waals surface area contributed by atoms with E-state index in [1.807, 2.05) is 0 Å². The molecule has 0 aliphatic rings. The number of hydrogen-bond acceptors (Lipinski definition) is 3. The first kappa shape index (κ1) is 10.2. The van der Waals surface area contributed by atoms with Crippen molar-refractivity contribution in [3.8, 4) is 11.4 Å². The zero-order chi connectivity index (χ0) is 10.8. The van der Waals surface area contributed by atoms with E-state index < -0.39 is 10.7 Å². The summed E-state index contributed by atoms with van der Waals surface area (Å²) in [7, 11) is -2.58. The van der Waals surface area contributed by atoms with E-state index in [9.17, 15) is 8.42 Å². The quantitative estimate of drug-likeness (QED) is 0.813. The Kier molecular flexibility index (Phi) is 2.75. The number of benzene rings is 1. The van der Waals surface area contributed by atoms with Gasteiger partial charge in [-0.1, -0.05) is 12.1 Å². The summed E-state index contributed by atoms with van der Waals surface area (Å²) in [4.78, 5) is 4.27. The maximum Gasteiger partial charge on any atom is 0.168 e. The van der Waals surface area contributed by atoms with E-state index >= 15 is 0 Å². The Labute approximate surface area is 93.2 Å². The van der Waals surface area contributed by atoms with Crippen LogP contribution in [0, 0.1) is 0 Å². The lowest BCUT2D eigenvalue weighted by molar-refractivity contribution is 0.614. The molecule has 0 unspecified atom stereocenters. The van der Waals surface area contributed by atoms with Gasteiger partial charge in [-0.2, -0.15) is 0 Å². The zero-order valence-corrected chi connectivity index (χ0v) is 9.15. The Morgan fingerprint density at radius 1 is 1.33 bits per heavy atom. The van der Waals surface area contributed by atoms with Crippen molar-refractivity contribution in [3.05, 3.63) is 36.7 Å². The van der Waals surface area contributed by atoms with Crippen LogP contribution in [0.25, 0.3) is 11.4 Å². The van der Waals surface area contributed by atoms with Gasteiger partial charge in [0, 0.05) is 29.7 Å². The van der Waals surface area contributed by atoms with Crippen molar-refractivity contribution in [2.45, 2.75) is 4.90 Å². The van der Waals surface area contributed by atoms with E-state index in [0.717, 1.165) is 0 Å². The van der Waals surface area contributed by atoms with Crippen molar-refractivity contribution in [3.63, 3.8) is 0 Å². The first-order chi connectivity index (χ1) is 7.18. The number of nitrogens with zero attached hydrogens (tertiary/aromatic N) is 2. The molecule has 0 saturated heterocycles. The molecule has 1 heterocycles. The van der Waals surface area contributed by atoms with Gasteiger partial charge in [-0.05, 0) is 12.1 Å². The summed E-state index contributed by atoms with van der Waals surface area (Å²) in [5.41, 5.74) is 0.673. The average Bonchev–Trinajstić information content (AvgIpc) is 2.64. The highest BCUT2D eigenvalue weighted by atomic mass is 35.5. The van der Waals surface area contributed by atoms with E-state index in [1.54, 1.807) is 24.5 Å². The van der Waals surface area contributed by atoms with Crippen LogP contribution in [0.15, 0.2) is 41.6 Å². The average molecular weight is 243 g/mol. The van der Waals surface area contributed by atoms with Crippen molar-refractivity contribution in [2.75, 3.05) is 0 Å². The lowest BCUT2D eigenvalue weighted by Crippen LogP contribution is -1.88. The molecule has 6 heteroatoms. The minimum absolute atomic E-state index is 0.252. The fraction of sp³-hybridized carbons (Fsp3) is 0. The van der Waals surface area contributed by atoms with Gasteiger partial charge >= 0.3 is 0 Å². The van der Waals surface area contributed by atoms with Gasteiger partial charge in [-0.25, -0.2) is 17.5 Å². The highest BCUT2D eigenvalue weighted by Crippen LogP contribution is 2.19. The van der Waals surface area contributed by atoms with Gasteiger partial charge in [-0.15, -0.1) is 0 Å². The fourth-order valence-corrected chi connectivity index (χ4v) is 1.89. The number of aromatic nitrogens is 2. The molecule has 2 rings (SSSR count). The number of halogens is 1. The lowest BCUT2D eigenvalue weighted by atomic mass is 10.2. The second-order valence-electron chi connectivity index (χ2n) is 2.87. The molecule has 0 aliphatic carbocycles. The van der Waals surface area contributed by atoms with Crippen molar-refractivity contribution in [1.82, 2.24) is 9.07 Å². The van der Waals surface area contributed by atoms with Gasteiger partial charge in [0.25, 0.3) is 0 Å². The minimum atomic E-state index is -2.58. The summed E-state index contributed by atoms with van der Waals surface area (Å²) in [6.45, 7) is 0. The Morgan fingerprint density at radius 3 is 2.73 bits per heavy atom. The predicted molar refractivity (Wildman–Crippen MR) is 57.5 cm³/mol. The summed E-state index contributed by atoms with van der Waals surface area (Å²) in [5.74, 6) is 0.523. The molecule has 0 radical (unpaired) electrons. The molecule has 15 heavy (non-hydrogen) atoms. The molecule has 0 atom stereocenters. The van der Waals surface area contributed by atoms with Crippen molar-refractivity contribution < 1.29 is 8.42 Å². The first-order valence-corrected chi connectivity index (χ1v) is 5.64. The molecule has 2 aromatic rings. The normalized spacial score (nSPS) is 10.8. The number of thiol groups is 1. The molecule has 0 saturated carbocycles. The smallest absolute Gasteiger partial charge is 0.168 e. The fourth-order valence-electron chi connectivity index (χ4n) is 1.24. The van der Waals surface area contributed by atoms with Crippen molar-refractivity contribution in [2.24, 2.45) is 0 Å². The molecular weight excluding hydrogens is 236 g/mol. The summed E-state index contributed by atoms with van der Waals surface area (Å²) >= 11 is 5.81. The largest absolute Gasteiger partial charge is 0.242 e. The predicted octanol–water partition coefficient (Wildman–Crippen LogP) is 1.52. The maximum absolute atomic E-state index is 10.8. The summed E-state index contributed by atoms with van der Waals surface area (Å²) < 4.78 is 22.9. The molecule has 0 N–H and O–H groups in total. The van der Waals surface area contributed by atoms with Crippen molar-refractivity contribution in [1.29, 1.82) is 0 Å². The third-order valence-corrected chi connectivity index (χ3v) is 2.88. The SMILES string of the molecule is O=[SH](=O)c1cccc(-c2nccn2Cl)c1. The van der Waals surface area contributed by atoms with Gasteiger partial charge in [0.15, 0.2) is 16.5 Å². The van der Waals surface area contributed by atoms with E-state index in [2.05, 4.69) is 4.98 Å². The van der Waals surface area contributed by atoms with Gasteiger partial charge in [0.2, 0.25) is 0 Å². The van der Waals surface area contributed by atoms with Crippen LogP contribution in [-0.2, 0) is 10.7 Å². The molecule has 0 spiro atoms. The Morgan fingerprint density at radius 2 is 2.13 bits per heavy atom. The Bertz CT molecular complexity index is 555. The number of hydrogen-bond donors (Lipinski definition) is 1. The second-order valence-corrected chi connectivity index (χ2v) is 4.26. The van der Waals surface area contributed by atoms with Crippen molar-refractivity contribution >= 4 is 22.5 Å². The van der Waals surface area contributed by atoms with Gasteiger partial charge < -0.3 is 0 Å². The minimum Gasteiger partial charge on any atom is -0.242 e. The standard InChI is InChI=1S/C9H7ClN2O2S/c10-12-5-4-11-9(12)7-2-1-3-8(6-7)15(13)14/h1-6,15H. The maximum atomic E-state index is 10.8. The third kappa shape index (κ3) is 2.03. The van der Waals surface area contributed by atoms with Crippen LogP contribution in [0.3, 0.4) is 0 Å². The molecule has 4 nitrogen and oxygen atoms in total. The summed E-state index contributed by atoms with van der Waals surface area (Å²) in [5, 5.41) is 0. The topological polar surface area (TPSA) is 52.0 Å². The summed E-state index contributed by atoms with van der Waals surface area (Å²) in [6.07, 6.45) is 3.13. The van der Waals surface area contributed by atoms with Crippen LogP contribution in [0.4, 0.5) is 0 Å². The highest BCUT2D eigenvalue weighted by molar-refractivity contribution is 7.72. The molecule has 0 amide bonds. The third-order valence-electron chi connectivity index (χ3n) is 1.91. The van der Waals surface area contributed by atoms with Crippen LogP contribution in [0.2, 0.25) is 0 Å². The van der Waals surface area contributed by atoms with E-state index in [4.69, 9.17) is 11.8 Å². The number of rotatable bonds is 2. The van der Waals surface area contributed by atoms with E-state index in [0.29, 0.717) is 11.4 Å². The zero-order valence-electron chi connectivity index (χ0n) is 7.50. The van der Waals surface area contributed by atoms with E-state index in [1.165, 1.54) is 16.2 Å². The molecule has 0 bridgehead atoms. The highest BCUT2D eigenvalue weighted by Gasteiger charge is 2.05. The van der Waals surface area contributed by atoms with Gasteiger partial charge in [0.1, 0.15) is 0 Å². The van der Waals surface area contributed by atoms with Gasteiger partial charge in [0.05, 0.1) is 4.90 Å². The Balaban J connectivity index is 2.55. The van der Waals surface area contributed by atoms with Gasteiger partial charge in [-0.3, -0.25) is 0 Å². The van der Waals surface area contributed by atoms with Crippen LogP contribution in [-0.4, -0.2) is 17.5 Å². The monoisotopic (exact) mass is 242 g/mol. The molecular formula is C9H7ClN2O2S. The van der Waals surface area contributed by atoms with Crippen LogP contribution in [0.1, 0.15) is 0 Å². The number of imidazole rings is 1. The van der Waals surface area contributed by atoms with Crippen LogP contribution < -0.4 is 0 Å². The second kappa shape index (κ2) is 4.04. The molecule has 78 valence electrons. The van der Waals surface area contributed by atoms with Crippen LogP contribution >= 0.6 is 11.8 Å². The molecule has 1 aromatic heterocycles. The molecule has 1 aromatic carbocycles. The summed E-state index contributed by atoms with van der Waals surface area (Å²) in [6, 6.07) is 6.47. The van der Waals surface area contributed by atoms with E-state index in [-0.39, 0.29) is 4.90 Å². The lowest BCUT2D eigenvalue weighted by Gasteiger charge is -1.99.